The smallest absolute Gasteiger partial charge is 0.337 e. The Bertz CT molecular complexity index is 344. The van der Waals surface area contributed by atoms with Gasteiger partial charge in [0.25, 0.3) is 0 Å². The van der Waals surface area contributed by atoms with Crippen molar-refractivity contribution >= 4 is 11.8 Å². The number of amidine groups is 1. The van der Waals surface area contributed by atoms with Crippen LogP contribution in [0.4, 0.5) is 0 Å². The molecule has 0 radical (unpaired) electrons. The van der Waals surface area contributed by atoms with Gasteiger partial charge in [-0.15, -0.1) is 0 Å². The number of aromatic nitrogens is 1. The van der Waals surface area contributed by atoms with Gasteiger partial charge in [0.05, 0.1) is 5.56 Å². The highest BCUT2D eigenvalue weighted by atomic mass is 16.4. The van der Waals surface area contributed by atoms with Crippen LogP contribution in [-0.4, -0.2) is 28.9 Å². The molecular formula is C10H15N3O2. The molecule has 0 aliphatic heterocycles. The molecule has 0 fully saturated rings. The molecule has 0 amide bonds. The van der Waals surface area contributed by atoms with Crippen LogP contribution in [-0.2, 0) is 0 Å². The summed E-state index contributed by atoms with van der Waals surface area (Å²) in [6.07, 6.45) is 1.25. The van der Waals surface area contributed by atoms with Crippen molar-refractivity contribution < 1.29 is 9.90 Å². The number of hydrogen-bond acceptors (Lipinski definition) is 3. The van der Waals surface area contributed by atoms with Crippen LogP contribution in [0.25, 0.3) is 0 Å². The Morgan fingerprint density at radius 2 is 2.07 bits per heavy atom. The molecule has 0 aliphatic carbocycles. The van der Waals surface area contributed by atoms with Gasteiger partial charge < -0.3 is 10.8 Å². The summed E-state index contributed by atoms with van der Waals surface area (Å²) < 4.78 is 0. The standard InChI is InChI=1S/C8H9N3O2.C2H6/c1-10-7(9)6-3-2-5(4-11-6)8(12)13;1-2/h2-4H,1H3,(H2,9,10)(H,12,13);1-2H3. The summed E-state index contributed by atoms with van der Waals surface area (Å²) in [6.45, 7) is 4.00. The predicted molar refractivity (Wildman–Crippen MR) is 59.2 cm³/mol. The highest BCUT2D eigenvalue weighted by Crippen LogP contribution is 1.99. The van der Waals surface area contributed by atoms with Gasteiger partial charge in [0.15, 0.2) is 0 Å². The molecule has 0 aliphatic rings. The first-order valence-electron chi connectivity index (χ1n) is 4.57. The van der Waals surface area contributed by atoms with Crippen molar-refractivity contribution in [3.05, 3.63) is 29.6 Å². The van der Waals surface area contributed by atoms with Crippen LogP contribution < -0.4 is 5.73 Å². The molecule has 5 heteroatoms. The average molecular weight is 209 g/mol. The van der Waals surface area contributed by atoms with Crippen LogP contribution in [0.5, 0.6) is 0 Å². The van der Waals surface area contributed by atoms with Gasteiger partial charge >= 0.3 is 5.97 Å². The van der Waals surface area contributed by atoms with Crippen molar-refractivity contribution in [2.75, 3.05) is 7.05 Å². The second-order valence-electron chi connectivity index (χ2n) is 2.35. The maximum atomic E-state index is 10.5. The van der Waals surface area contributed by atoms with E-state index in [9.17, 15) is 4.79 Å². The molecule has 0 saturated carbocycles. The Kier molecular flexibility index (Phi) is 5.70. The monoisotopic (exact) mass is 209 g/mol. The maximum Gasteiger partial charge on any atom is 0.337 e. The second-order valence-corrected chi connectivity index (χ2v) is 2.35. The van der Waals surface area contributed by atoms with E-state index in [4.69, 9.17) is 10.8 Å². The number of carbonyl (C=O) groups is 1. The number of nitrogens with zero attached hydrogens (tertiary/aromatic N) is 2. The van der Waals surface area contributed by atoms with E-state index >= 15 is 0 Å². The molecule has 1 heterocycles. The third-order valence-corrected chi connectivity index (χ3v) is 1.51. The fraction of sp³-hybridized carbons (Fsp3) is 0.300. The minimum atomic E-state index is -1.01. The molecular weight excluding hydrogens is 194 g/mol. The van der Waals surface area contributed by atoms with E-state index in [1.165, 1.54) is 18.3 Å². The fourth-order valence-corrected chi connectivity index (χ4v) is 0.786. The fourth-order valence-electron chi connectivity index (χ4n) is 0.786. The molecule has 82 valence electrons. The van der Waals surface area contributed by atoms with Crippen molar-refractivity contribution in [2.45, 2.75) is 13.8 Å². The van der Waals surface area contributed by atoms with Crippen LogP contribution in [0.2, 0.25) is 0 Å². The lowest BCUT2D eigenvalue weighted by atomic mass is 10.2. The highest BCUT2D eigenvalue weighted by molar-refractivity contribution is 5.96. The molecule has 1 rings (SSSR count). The summed E-state index contributed by atoms with van der Waals surface area (Å²) in [4.78, 5) is 18.0. The van der Waals surface area contributed by atoms with Crippen LogP contribution in [0.3, 0.4) is 0 Å². The largest absolute Gasteiger partial charge is 0.478 e. The molecule has 0 spiro atoms. The lowest BCUT2D eigenvalue weighted by Gasteiger charge is -1.98. The quantitative estimate of drug-likeness (QED) is 0.564. The molecule has 1 aromatic heterocycles. The SMILES string of the molecule is CC.CN=C(N)c1ccc(C(=O)O)cn1. The number of rotatable bonds is 2. The van der Waals surface area contributed by atoms with Gasteiger partial charge in [-0.25, -0.2) is 4.79 Å². The first kappa shape index (κ1) is 13.1. The van der Waals surface area contributed by atoms with Gasteiger partial charge in [0, 0.05) is 13.2 Å². The van der Waals surface area contributed by atoms with Gasteiger partial charge in [-0.1, -0.05) is 13.8 Å². The summed E-state index contributed by atoms with van der Waals surface area (Å²) in [5.41, 5.74) is 6.07. The lowest BCUT2D eigenvalue weighted by molar-refractivity contribution is 0.0696. The molecule has 0 atom stereocenters. The summed E-state index contributed by atoms with van der Waals surface area (Å²) in [6, 6.07) is 2.95. The minimum Gasteiger partial charge on any atom is -0.478 e. The third kappa shape index (κ3) is 3.76. The zero-order valence-electron chi connectivity index (χ0n) is 9.06. The van der Waals surface area contributed by atoms with Crippen molar-refractivity contribution in [2.24, 2.45) is 10.7 Å². The number of carboxylic acids is 1. The summed E-state index contributed by atoms with van der Waals surface area (Å²) in [7, 11) is 1.54. The van der Waals surface area contributed by atoms with Crippen LogP contribution in [0, 0.1) is 0 Å². The van der Waals surface area contributed by atoms with Gasteiger partial charge in [0.1, 0.15) is 11.5 Å². The molecule has 0 unspecified atom stereocenters. The summed E-state index contributed by atoms with van der Waals surface area (Å²) in [5, 5.41) is 8.57. The van der Waals surface area contributed by atoms with Crippen molar-refractivity contribution in [1.82, 2.24) is 4.98 Å². The van der Waals surface area contributed by atoms with Gasteiger partial charge in [-0.3, -0.25) is 9.98 Å². The normalized spacial score (nSPS) is 10.2. The highest BCUT2D eigenvalue weighted by Gasteiger charge is 2.03. The number of hydrogen-bond donors (Lipinski definition) is 2. The summed E-state index contributed by atoms with van der Waals surface area (Å²) >= 11 is 0. The Morgan fingerprint density at radius 3 is 2.40 bits per heavy atom. The molecule has 5 nitrogen and oxygen atoms in total. The van der Waals surface area contributed by atoms with E-state index in [1.807, 2.05) is 13.8 Å². The topological polar surface area (TPSA) is 88.6 Å². The third-order valence-electron chi connectivity index (χ3n) is 1.51. The number of pyridine rings is 1. The molecule has 3 N–H and O–H groups in total. The Hall–Kier alpha value is -1.91. The zero-order valence-corrected chi connectivity index (χ0v) is 9.06. The van der Waals surface area contributed by atoms with E-state index in [-0.39, 0.29) is 11.4 Å². The number of aliphatic imine (C=N–C) groups is 1. The lowest BCUT2D eigenvalue weighted by Crippen LogP contribution is -2.15. The molecule has 0 aromatic carbocycles. The molecule has 0 saturated heterocycles. The van der Waals surface area contributed by atoms with E-state index in [1.54, 1.807) is 7.05 Å². The first-order valence-corrected chi connectivity index (χ1v) is 4.57. The number of carboxylic acid groups (broad SMARTS) is 1. The molecule has 1 aromatic rings. The molecule has 15 heavy (non-hydrogen) atoms. The Morgan fingerprint density at radius 1 is 1.47 bits per heavy atom. The van der Waals surface area contributed by atoms with Crippen LogP contribution >= 0.6 is 0 Å². The van der Waals surface area contributed by atoms with Gasteiger partial charge in [-0.05, 0) is 12.1 Å². The van der Waals surface area contributed by atoms with Gasteiger partial charge in [-0.2, -0.15) is 0 Å². The van der Waals surface area contributed by atoms with Crippen molar-refractivity contribution in [3.63, 3.8) is 0 Å². The van der Waals surface area contributed by atoms with Crippen LogP contribution in [0.1, 0.15) is 29.9 Å². The minimum absolute atomic E-state index is 0.132. The Labute approximate surface area is 88.7 Å². The average Bonchev–Trinajstić information content (AvgIpc) is 2.31. The second kappa shape index (κ2) is 6.53. The van der Waals surface area contributed by atoms with E-state index in [0.29, 0.717) is 5.69 Å². The van der Waals surface area contributed by atoms with Crippen molar-refractivity contribution in [1.29, 1.82) is 0 Å². The Balaban J connectivity index is 0.000000921. The van der Waals surface area contributed by atoms with Crippen molar-refractivity contribution in [3.8, 4) is 0 Å². The van der Waals surface area contributed by atoms with E-state index < -0.39 is 5.97 Å². The predicted octanol–water partition coefficient (Wildman–Crippen LogP) is 1.14. The van der Waals surface area contributed by atoms with E-state index in [2.05, 4.69) is 9.98 Å². The van der Waals surface area contributed by atoms with E-state index in [0.717, 1.165) is 0 Å². The molecule has 0 bridgehead atoms. The summed E-state index contributed by atoms with van der Waals surface area (Å²) in [5.74, 6) is -0.719. The number of aromatic carboxylic acids is 1. The van der Waals surface area contributed by atoms with Gasteiger partial charge in [0.2, 0.25) is 0 Å². The number of nitrogens with two attached hydrogens (primary N) is 1. The maximum absolute atomic E-state index is 10.5. The first-order chi connectivity index (χ1) is 7.15. The van der Waals surface area contributed by atoms with Crippen LogP contribution in [0.15, 0.2) is 23.3 Å². The zero-order chi connectivity index (χ0) is 11.8.